The Morgan fingerprint density at radius 3 is 2.19 bits per heavy atom. The number of ether oxygens (including phenoxy) is 2. The fourth-order valence-electron chi connectivity index (χ4n) is 0.607. The third-order valence-electron chi connectivity index (χ3n) is 1.23. The molecular formula is C10H13KO5. The Hall–Kier alpha value is -0.144. The Kier molecular flexibility index (Phi) is 11.4. The van der Waals surface area contributed by atoms with E-state index in [1.807, 2.05) is 0 Å². The monoisotopic (exact) mass is 252 g/mol. The summed E-state index contributed by atoms with van der Waals surface area (Å²) in [7, 11) is 0. The molecule has 0 N–H and O–H groups in total. The number of hydrogen-bond acceptors (Lipinski definition) is 5. The van der Waals surface area contributed by atoms with Crippen LogP contribution in [-0.4, -0.2) is 25.2 Å². The number of esters is 2. The van der Waals surface area contributed by atoms with Crippen LogP contribution in [0.3, 0.4) is 0 Å². The van der Waals surface area contributed by atoms with Gasteiger partial charge in [0.25, 0.3) is 0 Å². The third-order valence-corrected chi connectivity index (χ3v) is 1.23. The maximum Gasteiger partial charge on any atom is 1.00 e. The van der Waals surface area contributed by atoms with Crippen LogP contribution in [-0.2, 0) is 19.1 Å². The van der Waals surface area contributed by atoms with Crippen molar-refractivity contribution in [1.82, 2.24) is 0 Å². The zero-order valence-corrected chi connectivity index (χ0v) is 12.9. The molecule has 0 amide bonds. The number of allylic oxidation sites excluding steroid dienone is 1. The van der Waals surface area contributed by atoms with Crippen LogP contribution in [0.25, 0.3) is 0 Å². The van der Waals surface area contributed by atoms with Crippen molar-refractivity contribution in [2.45, 2.75) is 13.8 Å². The Morgan fingerprint density at radius 2 is 1.75 bits per heavy atom. The van der Waals surface area contributed by atoms with Gasteiger partial charge in [-0.15, -0.1) is 5.76 Å². The standard InChI is InChI=1S/C10H14O5.K/c1-7(2)10(13)15-5-4-14-9(12)6-8(3)11;/h6,11H,1,4-5H2,2-3H3;/q;+1/p-1/b8-6+;. The summed E-state index contributed by atoms with van der Waals surface area (Å²) in [6.45, 7) is 5.99. The number of rotatable bonds is 5. The van der Waals surface area contributed by atoms with Gasteiger partial charge in [0.05, 0.1) is 0 Å². The predicted octanol–water partition coefficient (Wildman–Crippen LogP) is -3.08. The molecule has 84 valence electrons. The van der Waals surface area contributed by atoms with Crippen molar-refractivity contribution in [1.29, 1.82) is 0 Å². The molecule has 16 heavy (non-hydrogen) atoms. The van der Waals surface area contributed by atoms with E-state index >= 15 is 0 Å². The van der Waals surface area contributed by atoms with Crippen LogP contribution >= 0.6 is 0 Å². The molecule has 0 unspecified atom stereocenters. The van der Waals surface area contributed by atoms with Crippen LogP contribution in [0.5, 0.6) is 0 Å². The Labute approximate surface area is 137 Å². The second-order valence-electron chi connectivity index (χ2n) is 2.84. The van der Waals surface area contributed by atoms with Crippen molar-refractivity contribution in [3.63, 3.8) is 0 Å². The molecule has 0 aromatic carbocycles. The van der Waals surface area contributed by atoms with E-state index in [-0.39, 0.29) is 75.9 Å². The van der Waals surface area contributed by atoms with Gasteiger partial charge in [0.1, 0.15) is 13.2 Å². The van der Waals surface area contributed by atoms with Crippen LogP contribution in [0, 0.1) is 0 Å². The maximum atomic E-state index is 10.8. The van der Waals surface area contributed by atoms with Gasteiger partial charge in [0.2, 0.25) is 0 Å². The van der Waals surface area contributed by atoms with Gasteiger partial charge in [-0.05, 0) is 6.92 Å². The minimum atomic E-state index is -0.742. The maximum absolute atomic E-state index is 10.8. The van der Waals surface area contributed by atoms with Crippen molar-refractivity contribution in [2.75, 3.05) is 13.2 Å². The summed E-state index contributed by atoms with van der Waals surface area (Å²) in [5.74, 6) is -1.67. The largest absolute Gasteiger partial charge is 1.00 e. The van der Waals surface area contributed by atoms with Gasteiger partial charge >= 0.3 is 63.3 Å². The number of hydrogen-bond donors (Lipinski definition) is 0. The van der Waals surface area contributed by atoms with Crippen molar-refractivity contribution in [3.05, 3.63) is 24.0 Å². The van der Waals surface area contributed by atoms with Gasteiger partial charge in [-0.2, -0.15) is 0 Å². The molecule has 6 heteroatoms. The van der Waals surface area contributed by atoms with Crippen molar-refractivity contribution in [2.24, 2.45) is 0 Å². The van der Waals surface area contributed by atoms with Crippen LogP contribution in [0.2, 0.25) is 0 Å². The molecule has 0 heterocycles. The van der Waals surface area contributed by atoms with E-state index in [4.69, 9.17) is 0 Å². The van der Waals surface area contributed by atoms with Gasteiger partial charge in [-0.25, -0.2) is 9.59 Å². The minimum absolute atomic E-state index is 0. The van der Waals surface area contributed by atoms with E-state index in [9.17, 15) is 14.7 Å². The van der Waals surface area contributed by atoms with Crippen LogP contribution in [0.4, 0.5) is 0 Å². The van der Waals surface area contributed by atoms with Crippen LogP contribution < -0.4 is 56.5 Å². The SMILES string of the molecule is C=C(C)C(=O)OCCOC(=O)/C=C(\C)[O-].[K+]. The summed E-state index contributed by atoms with van der Waals surface area (Å²) in [5.41, 5.74) is 0.275. The predicted molar refractivity (Wildman–Crippen MR) is 50.5 cm³/mol. The zero-order valence-electron chi connectivity index (χ0n) is 9.74. The molecule has 0 aliphatic carbocycles. The molecule has 0 fully saturated rings. The first kappa shape index (κ1) is 18.2. The molecule has 0 aromatic heterocycles. The normalized spacial score (nSPS) is 10.0. The minimum Gasteiger partial charge on any atom is -0.875 e. The first-order chi connectivity index (χ1) is 6.93. The molecule has 0 rings (SSSR count). The first-order valence-corrected chi connectivity index (χ1v) is 4.28. The Morgan fingerprint density at radius 1 is 1.25 bits per heavy atom. The van der Waals surface area contributed by atoms with Gasteiger partial charge in [0, 0.05) is 11.6 Å². The Bertz CT molecular complexity index is 292. The quantitative estimate of drug-likeness (QED) is 0.170. The average Bonchev–Trinajstić information content (AvgIpc) is 2.10. The second-order valence-corrected chi connectivity index (χ2v) is 2.84. The molecule has 0 aromatic rings. The molecular weight excluding hydrogens is 239 g/mol. The van der Waals surface area contributed by atoms with E-state index in [1.54, 1.807) is 0 Å². The smallest absolute Gasteiger partial charge is 0.875 e. The molecule has 0 saturated carbocycles. The molecule has 0 atom stereocenters. The average molecular weight is 252 g/mol. The van der Waals surface area contributed by atoms with Gasteiger partial charge in [0.15, 0.2) is 0 Å². The van der Waals surface area contributed by atoms with Crippen LogP contribution in [0.15, 0.2) is 24.0 Å². The number of carbonyl (C=O) groups excluding carboxylic acids is 2. The molecule has 0 aliphatic rings. The summed E-state index contributed by atoms with van der Waals surface area (Å²) < 4.78 is 9.21. The Balaban J connectivity index is 0. The van der Waals surface area contributed by atoms with E-state index in [0.717, 1.165) is 6.08 Å². The van der Waals surface area contributed by atoms with Gasteiger partial charge < -0.3 is 14.6 Å². The van der Waals surface area contributed by atoms with E-state index < -0.39 is 11.9 Å². The summed E-state index contributed by atoms with van der Waals surface area (Å²) in [6, 6.07) is 0. The summed E-state index contributed by atoms with van der Waals surface area (Å²) in [4.78, 5) is 21.6. The zero-order chi connectivity index (χ0) is 11.8. The molecule has 0 aliphatic heterocycles. The second kappa shape index (κ2) is 10.0. The van der Waals surface area contributed by atoms with Crippen LogP contribution in [0.1, 0.15) is 13.8 Å². The van der Waals surface area contributed by atoms with Crippen molar-refractivity contribution < 1.29 is 75.6 Å². The van der Waals surface area contributed by atoms with E-state index in [2.05, 4.69) is 16.1 Å². The van der Waals surface area contributed by atoms with E-state index in [0.29, 0.717) is 0 Å². The fraction of sp³-hybridized carbons (Fsp3) is 0.400. The fourth-order valence-corrected chi connectivity index (χ4v) is 0.607. The molecule has 0 radical (unpaired) electrons. The van der Waals surface area contributed by atoms with E-state index in [1.165, 1.54) is 13.8 Å². The molecule has 0 saturated heterocycles. The molecule has 0 spiro atoms. The molecule has 0 bridgehead atoms. The van der Waals surface area contributed by atoms with Crippen molar-refractivity contribution >= 4 is 11.9 Å². The van der Waals surface area contributed by atoms with Gasteiger partial charge in [-0.1, -0.05) is 13.5 Å². The first-order valence-electron chi connectivity index (χ1n) is 4.28. The summed E-state index contributed by atoms with van der Waals surface area (Å²) in [5, 5.41) is 10.4. The summed E-state index contributed by atoms with van der Waals surface area (Å²) in [6.07, 6.45) is 0.820. The van der Waals surface area contributed by atoms with Gasteiger partial charge in [-0.3, -0.25) is 0 Å². The molecule has 5 nitrogen and oxygen atoms in total. The van der Waals surface area contributed by atoms with Crippen molar-refractivity contribution in [3.8, 4) is 0 Å². The number of carbonyl (C=O) groups is 2. The third kappa shape index (κ3) is 10.4. The summed E-state index contributed by atoms with van der Waals surface area (Å²) >= 11 is 0. The topological polar surface area (TPSA) is 75.7 Å².